The Bertz CT molecular complexity index is 410. The highest BCUT2D eigenvalue weighted by Gasteiger charge is 2.41. The fourth-order valence-electron chi connectivity index (χ4n) is 1.81. The van der Waals surface area contributed by atoms with E-state index in [2.05, 4.69) is 0 Å². The Kier molecular flexibility index (Phi) is 3.54. The third kappa shape index (κ3) is 2.62. The van der Waals surface area contributed by atoms with Gasteiger partial charge in [0.1, 0.15) is 18.3 Å². The third-order valence-corrected chi connectivity index (χ3v) is 2.77. The fraction of sp³-hybridized carbons (Fsp3) is 0.583. The molecule has 1 aromatic heterocycles. The first kappa shape index (κ1) is 13.2. The van der Waals surface area contributed by atoms with Crippen LogP contribution in [-0.2, 0) is 9.47 Å². The molecular formula is C12H16O6. The molecule has 0 unspecified atom stereocenters. The van der Waals surface area contributed by atoms with Crippen LogP contribution < -0.4 is 0 Å². The summed E-state index contributed by atoms with van der Waals surface area (Å²) in [4.78, 5) is 11.8. The van der Waals surface area contributed by atoms with E-state index >= 15 is 0 Å². The van der Waals surface area contributed by atoms with E-state index in [1.165, 1.54) is 18.4 Å². The van der Waals surface area contributed by atoms with Crippen molar-refractivity contribution in [3.8, 4) is 0 Å². The number of hydrogen-bond donors (Lipinski definition) is 2. The molecule has 0 radical (unpaired) electrons. The van der Waals surface area contributed by atoms with E-state index in [4.69, 9.17) is 13.9 Å². The van der Waals surface area contributed by atoms with Gasteiger partial charge in [-0.05, 0) is 26.0 Å². The quantitative estimate of drug-likeness (QED) is 0.755. The molecular weight excluding hydrogens is 240 g/mol. The van der Waals surface area contributed by atoms with Gasteiger partial charge < -0.3 is 24.1 Å². The molecule has 6 nitrogen and oxygen atoms in total. The fourth-order valence-corrected chi connectivity index (χ4v) is 1.81. The first-order chi connectivity index (χ1) is 8.41. The molecule has 0 saturated carbocycles. The van der Waals surface area contributed by atoms with E-state index in [-0.39, 0.29) is 12.4 Å². The van der Waals surface area contributed by atoms with Crippen LogP contribution in [-0.4, -0.2) is 46.7 Å². The van der Waals surface area contributed by atoms with Crippen molar-refractivity contribution >= 4 is 5.78 Å². The normalized spacial score (nSPS) is 25.9. The van der Waals surface area contributed by atoms with Gasteiger partial charge in [-0.1, -0.05) is 0 Å². The molecule has 1 aliphatic heterocycles. The minimum Gasteiger partial charge on any atom is -0.461 e. The predicted molar refractivity (Wildman–Crippen MR) is 60.0 cm³/mol. The largest absolute Gasteiger partial charge is 0.461 e. The molecule has 6 heteroatoms. The van der Waals surface area contributed by atoms with Crippen LogP contribution in [0.3, 0.4) is 0 Å². The summed E-state index contributed by atoms with van der Waals surface area (Å²) in [6.07, 6.45) is -2.37. The summed E-state index contributed by atoms with van der Waals surface area (Å²) >= 11 is 0. The van der Waals surface area contributed by atoms with Crippen LogP contribution in [0.1, 0.15) is 24.4 Å². The summed E-state index contributed by atoms with van der Waals surface area (Å²) in [5.74, 6) is -1.50. The molecule has 2 heterocycles. The lowest BCUT2D eigenvalue weighted by Crippen LogP contribution is -2.44. The van der Waals surface area contributed by atoms with E-state index in [0.717, 1.165) is 0 Å². The predicted octanol–water partition coefficient (Wildman–Crippen LogP) is 0.336. The van der Waals surface area contributed by atoms with Crippen molar-refractivity contribution in [2.45, 2.75) is 37.9 Å². The van der Waals surface area contributed by atoms with E-state index in [1.54, 1.807) is 13.8 Å². The van der Waals surface area contributed by atoms with Crippen molar-refractivity contribution in [1.82, 2.24) is 0 Å². The maximum absolute atomic E-state index is 11.8. The van der Waals surface area contributed by atoms with Crippen LogP contribution in [0.25, 0.3) is 0 Å². The molecule has 0 aliphatic carbocycles. The number of ether oxygens (including phenoxy) is 2. The minimum absolute atomic E-state index is 0.000254. The number of hydrogen-bond acceptors (Lipinski definition) is 6. The van der Waals surface area contributed by atoms with Crippen molar-refractivity contribution in [2.75, 3.05) is 6.61 Å². The zero-order valence-corrected chi connectivity index (χ0v) is 10.2. The second kappa shape index (κ2) is 4.81. The van der Waals surface area contributed by atoms with E-state index in [1.807, 2.05) is 0 Å². The first-order valence-electron chi connectivity index (χ1n) is 5.66. The molecule has 100 valence electrons. The van der Waals surface area contributed by atoms with Crippen LogP contribution >= 0.6 is 0 Å². The van der Waals surface area contributed by atoms with E-state index in [9.17, 15) is 15.0 Å². The number of Topliss-reactive ketones (excluding diaryl/α,β-unsaturated/α-hetero) is 1. The molecule has 2 rings (SSSR count). The molecule has 2 N–H and O–H groups in total. The number of carbonyl (C=O) groups is 1. The van der Waals surface area contributed by atoms with Gasteiger partial charge in [0, 0.05) is 0 Å². The van der Waals surface area contributed by atoms with E-state index in [0.29, 0.717) is 0 Å². The Balaban J connectivity index is 2.01. The Hall–Kier alpha value is -1.21. The molecule has 1 aliphatic rings. The van der Waals surface area contributed by atoms with Crippen LogP contribution in [0.2, 0.25) is 0 Å². The maximum Gasteiger partial charge on any atom is 0.229 e. The smallest absolute Gasteiger partial charge is 0.229 e. The van der Waals surface area contributed by atoms with Gasteiger partial charge in [0.25, 0.3) is 0 Å². The number of carbonyl (C=O) groups excluding carboxylic acids is 1. The summed E-state index contributed by atoms with van der Waals surface area (Å²) < 4.78 is 15.5. The monoisotopic (exact) mass is 256 g/mol. The highest BCUT2D eigenvalue weighted by molar-refractivity contribution is 5.97. The molecule has 1 saturated heterocycles. The van der Waals surface area contributed by atoms with E-state index < -0.39 is 29.9 Å². The second-order valence-corrected chi connectivity index (χ2v) is 4.64. The average Bonchev–Trinajstić information content (AvgIpc) is 2.95. The lowest BCUT2D eigenvalue weighted by molar-refractivity contribution is -0.157. The van der Waals surface area contributed by atoms with Gasteiger partial charge in [0.15, 0.2) is 11.5 Å². The standard InChI is InChI=1S/C12H16O6/c1-12(2)17-6-8(18-12)10(14)11(15)9(13)7-4-3-5-16-7/h3-5,8,10-11,14-15H,6H2,1-2H3/t8-,10+,11-/m1/s1. The summed E-state index contributed by atoms with van der Waals surface area (Å²) in [7, 11) is 0. The number of aliphatic hydroxyl groups is 2. The molecule has 1 fully saturated rings. The molecule has 0 bridgehead atoms. The first-order valence-corrected chi connectivity index (χ1v) is 5.66. The molecule has 0 spiro atoms. The summed E-state index contributed by atoms with van der Waals surface area (Å²) in [6.45, 7) is 3.51. The Morgan fingerprint density at radius 2 is 2.22 bits per heavy atom. The zero-order chi connectivity index (χ0) is 13.3. The van der Waals surface area contributed by atoms with Crippen molar-refractivity contribution in [1.29, 1.82) is 0 Å². The van der Waals surface area contributed by atoms with Gasteiger partial charge in [-0.3, -0.25) is 4.79 Å². The van der Waals surface area contributed by atoms with Crippen LogP contribution in [0.15, 0.2) is 22.8 Å². The summed E-state index contributed by atoms with van der Waals surface area (Å²) in [5.41, 5.74) is 0. The second-order valence-electron chi connectivity index (χ2n) is 4.64. The summed E-state index contributed by atoms with van der Waals surface area (Å²) in [5, 5.41) is 19.7. The minimum atomic E-state index is -1.60. The number of rotatable bonds is 4. The Morgan fingerprint density at radius 1 is 1.50 bits per heavy atom. The maximum atomic E-state index is 11.8. The lowest BCUT2D eigenvalue weighted by Gasteiger charge is -2.22. The van der Waals surface area contributed by atoms with Crippen molar-refractivity contribution in [3.05, 3.63) is 24.2 Å². The zero-order valence-electron chi connectivity index (χ0n) is 10.2. The van der Waals surface area contributed by atoms with Gasteiger partial charge >= 0.3 is 0 Å². The van der Waals surface area contributed by atoms with Gasteiger partial charge in [-0.2, -0.15) is 0 Å². The van der Waals surface area contributed by atoms with Crippen LogP contribution in [0.4, 0.5) is 0 Å². The van der Waals surface area contributed by atoms with Crippen LogP contribution in [0.5, 0.6) is 0 Å². The SMILES string of the molecule is CC1(C)OC[C@H]([C@H](O)[C@H](O)C(=O)c2ccco2)O1. The van der Waals surface area contributed by atoms with Crippen molar-refractivity contribution in [3.63, 3.8) is 0 Å². The van der Waals surface area contributed by atoms with Crippen molar-refractivity contribution < 1.29 is 28.9 Å². The highest BCUT2D eigenvalue weighted by Crippen LogP contribution is 2.25. The molecule has 1 aromatic rings. The van der Waals surface area contributed by atoms with Gasteiger partial charge in [0.05, 0.1) is 12.9 Å². The molecule has 18 heavy (non-hydrogen) atoms. The van der Waals surface area contributed by atoms with Gasteiger partial charge in [-0.15, -0.1) is 0 Å². The average molecular weight is 256 g/mol. The number of ketones is 1. The molecule has 0 aromatic carbocycles. The lowest BCUT2D eigenvalue weighted by atomic mass is 10.0. The Labute approximate surface area is 104 Å². The van der Waals surface area contributed by atoms with Gasteiger partial charge in [-0.25, -0.2) is 0 Å². The Morgan fingerprint density at radius 3 is 2.72 bits per heavy atom. The highest BCUT2D eigenvalue weighted by atomic mass is 16.7. The topological polar surface area (TPSA) is 89.1 Å². The van der Waals surface area contributed by atoms with Crippen molar-refractivity contribution in [2.24, 2.45) is 0 Å². The molecule has 3 atom stereocenters. The number of furan rings is 1. The number of aliphatic hydroxyl groups excluding tert-OH is 2. The van der Waals surface area contributed by atoms with Crippen LogP contribution in [0, 0.1) is 0 Å². The molecule has 0 amide bonds. The third-order valence-electron chi connectivity index (χ3n) is 2.77. The van der Waals surface area contributed by atoms with Gasteiger partial charge in [0.2, 0.25) is 5.78 Å². The summed E-state index contributed by atoms with van der Waals surface area (Å²) in [6, 6.07) is 2.96.